The Hall–Kier alpha value is -4.91. The first-order chi connectivity index (χ1) is 20.1. The quantitative estimate of drug-likeness (QED) is 0.198. The molecule has 0 aliphatic heterocycles. The van der Waals surface area contributed by atoms with Crippen LogP contribution in [0.2, 0.25) is 0 Å². The molecule has 214 valence electrons. The first-order valence-electron chi connectivity index (χ1n) is 13.8. The number of nitrogens with zero attached hydrogens (tertiary/aromatic N) is 2. The predicted molar refractivity (Wildman–Crippen MR) is 163 cm³/mol. The summed E-state index contributed by atoms with van der Waals surface area (Å²) < 4.78 is 13.7. The number of benzene rings is 4. The van der Waals surface area contributed by atoms with Crippen LogP contribution >= 0.6 is 0 Å². The summed E-state index contributed by atoms with van der Waals surface area (Å²) in [5.74, 6) is -1.14. The highest BCUT2D eigenvalue weighted by Crippen LogP contribution is 2.38. The Kier molecular flexibility index (Phi) is 7.85. The average molecular weight is 563 g/mol. The lowest BCUT2D eigenvalue weighted by Crippen LogP contribution is -2.21. The Bertz CT molecular complexity index is 1810. The molecule has 1 aromatic heterocycles. The van der Waals surface area contributed by atoms with Gasteiger partial charge in [0.25, 0.3) is 0 Å². The Labute approximate surface area is 245 Å². The predicted octanol–water partition coefficient (Wildman–Crippen LogP) is 7.40. The fourth-order valence-corrected chi connectivity index (χ4v) is 5.48. The second-order valence-corrected chi connectivity index (χ2v) is 10.7. The number of ether oxygens (including phenoxy) is 2. The maximum absolute atomic E-state index is 13.9. The van der Waals surface area contributed by atoms with E-state index in [1.54, 1.807) is 32.6 Å². The fraction of sp³-hybridized carbons (Fsp3) is 0.229. The van der Waals surface area contributed by atoms with E-state index in [1.165, 1.54) is 0 Å². The number of fused-ring (bicyclic) bond motifs is 1. The number of aromatic carboxylic acids is 1. The molecule has 2 atom stereocenters. The molecule has 0 saturated carbocycles. The number of carboxylic acids is 1. The van der Waals surface area contributed by atoms with Crippen LogP contribution in [-0.4, -0.2) is 33.7 Å². The summed E-state index contributed by atoms with van der Waals surface area (Å²) in [5, 5.41) is 11.8. The topological polar surface area (TPSA) is 90.7 Å². The van der Waals surface area contributed by atoms with Crippen molar-refractivity contribution in [1.29, 1.82) is 0 Å². The molecule has 0 saturated heterocycles. The highest BCUT2D eigenvalue weighted by Gasteiger charge is 2.29. The van der Waals surface area contributed by atoms with Gasteiger partial charge < -0.3 is 19.1 Å². The monoisotopic (exact) mass is 562 g/mol. The van der Waals surface area contributed by atoms with Crippen molar-refractivity contribution in [3.05, 3.63) is 124 Å². The third kappa shape index (κ3) is 5.38. The van der Waals surface area contributed by atoms with Gasteiger partial charge in [-0.1, -0.05) is 30.3 Å². The largest absolute Gasteiger partial charge is 0.497 e. The van der Waals surface area contributed by atoms with E-state index >= 15 is 0 Å². The number of methoxy groups -OCH3 is 1. The molecular weight excluding hydrogens is 528 g/mol. The minimum atomic E-state index is -0.986. The van der Waals surface area contributed by atoms with Crippen molar-refractivity contribution in [1.82, 2.24) is 9.55 Å². The number of carbonyl (C=O) groups excluding carboxylic acids is 1. The summed E-state index contributed by atoms with van der Waals surface area (Å²) in [6.07, 6.45) is 4.53. The number of hydrogen-bond acceptors (Lipinski definition) is 5. The standard InChI is InChI=1S/C35H34N2O5/c1-20-7-11-28(37-14-13-36-19-37)18-30(20)33(32-21(2)15-31(34(38)39)22(3)23(32)4)42-35(40)24(5)25-8-9-27-17-29(41-6)12-10-26(27)16-25/h7-19,24,33H,1-6H3,(H,38,39)/t24-,33?/m0/s1. The Morgan fingerprint density at radius 1 is 0.881 bits per heavy atom. The summed E-state index contributed by atoms with van der Waals surface area (Å²) >= 11 is 0. The summed E-state index contributed by atoms with van der Waals surface area (Å²) in [6, 6.07) is 19.4. The number of imidazole rings is 1. The second kappa shape index (κ2) is 11.5. The molecule has 7 nitrogen and oxygen atoms in total. The van der Waals surface area contributed by atoms with Crippen LogP contribution in [-0.2, 0) is 9.53 Å². The minimum Gasteiger partial charge on any atom is -0.497 e. The van der Waals surface area contributed by atoms with Gasteiger partial charge in [0.15, 0.2) is 6.10 Å². The molecule has 5 aromatic rings. The molecule has 0 bridgehead atoms. The molecule has 0 radical (unpaired) electrons. The maximum Gasteiger partial charge on any atom is 0.335 e. The van der Waals surface area contributed by atoms with Crippen LogP contribution in [0.15, 0.2) is 79.4 Å². The highest BCUT2D eigenvalue weighted by molar-refractivity contribution is 5.90. The first kappa shape index (κ1) is 28.6. The van der Waals surface area contributed by atoms with Crippen molar-refractivity contribution in [3.8, 4) is 11.4 Å². The molecule has 1 unspecified atom stereocenters. The van der Waals surface area contributed by atoms with E-state index in [1.807, 2.05) is 93.1 Å². The van der Waals surface area contributed by atoms with Crippen LogP contribution in [0.3, 0.4) is 0 Å². The third-order valence-corrected chi connectivity index (χ3v) is 8.16. The lowest BCUT2D eigenvalue weighted by atomic mass is 9.86. The van der Waals surface area contributed by atoms with Gasteiger partial charge in [0.1, 0.15) is 5.75 Å². The normalized spacial score (nSPS) is 12.6. The van der Waals surface area contributed by atoms with Crippen molar-refractivity contribution < 1.29 is 24.2 Å². The molecule has 7 heteroatoms. The van der Waals surface area contributed by atoms with Gasteiger partial charge in [-0.3, -0.25) is 4.79 Å². The van der Waals surface area contributed by atoms with Crippen molar-refractivity contribution in [2.45, 2.75) is 46.6 Å². The number of hydrogen-bond donors (Lipinski definition) is 1. The zero-order chi connectivity index (χ0) is 30.1. The molecule has 0 fully saturated rings. The second-order valence-electron chi connectivity index (χ2n) is 10.7. The van der Waals surface area contributed by atoms with E-state index in [4.69, 9.17) is 9.47 Å². The Balaban J connectivity index is 1.59. The van der Waals surface area contributed by atoms with Crippen molar-refractivity contribution in [2.75, 3.05) is 7.11 Å². The van der Waals surface area contributed by atoms with Crippen LogP contribution in [0.25, 0.3) is 16.5 Å². The first-order valence-corrected chi connectivity index (χ1v) is 13.8. The van der Waals surface area contributed by atoms with Crippen molar-refractivity contribution in [3.63, 3.8) is 0 Å². The van der Waals surface area contributed by atoms with Gasteiger partial charge in [-0.25, -0.2) is 9.78 Å². The van der Waals surface area contributed by atoms with E-state index in [0.29, 0.717) is 5.56 Å². The molecule has 4 aromatic carbocycles. The van der Waals surface area contributed by atoms with Crippen LogP contribution in [0, 0.1) is 27.7 Å². The van der Waals surface area contributed by atoms with Gasteiger partial charge >= 0.3 is 11.9 Å². The van der Waals surface area contributed by atoms with E-state index < -0.39 is 18.0 Å². The summed E-state index contributed by atoms with van der Waals surface area (Å²) in [6.45, 7) is 9.38. The van der Waals surface area contributed by atoms with Crippen molar-refractivity contribution in [2.24, 2.45) is 0 Å². The lowest BCUT2D eigenvalue weighted by Gasteiger charge is -2.27. The molecule has 5 rings (SSSR count). The smallest absolute Gasteiger partial charge is 0.335 e. The van der Waals surface area contributed by atoms with Gasteiger partial charge in [0.2, 0.25) is 0 Å². The SMILES string of the molecule is COc1ccc2cc([C@H](C)C(=O)OC(c3cc(-n4ccnc4)ccc3C)c3c(C)cc(C(=O)O)c(C)c3C)ccc2c1. The van der Waals surface area contributed by atoms with Crippen LogP contribution in [0.1, 0.15) is 68.2 Å². The van der Waals surface area contributed by atoms with E-state index in [2.05, 4.69) is 4.98 Å². The molecular formula is C35H34N2O5. The number of esters is 1. The summed E-state index contributed by atoms with van der Waals surface area (Å²) in [4.78, 5) is 30.0. The molecule has 42 heavy (non-hydrogen) atoms. The Morgan fingerprint density at radius 3 is 2.31 bits per heavy atom. The number of carboxylic acid groups (broad SMARTS) is 1. The number of carbonyl (C=O) groups is 2. The summed E-state index contributed by atoms with van der Waals surface area (Å²) in [7, 11) is 1.64. The van der Waals surface area contributed by atoms with Gasteiger partial charge in [-0.2, -0.15) is 0 Å². The molecule has 0 spiro atoms. The maximum atomic E-state index is 13.9. The van der Waals surface area contributed by atoms with Crippen LogP contribution in [0.5, 0.6) is 5.75 Å². The van der Waals surface area contributed by atoms with E-state index in [0.717, 1.165) is 55.6 Å². The van der Waals surface area contributed by atoms with E-state index in [9.17, 15) is 14.7 Å². The molecule has 0 aliphatic rings. The summed E-state index contributed by atoms with van der Waals surface area (Å²) in [5.41, 5.74) is 6.68. The van der Waals surface area contributed by atoms with Gasteiger partial charge in [0.05, 0.1) is 24.9 Å². The van der Waals surface area contributed by atoms with Gasteiger partial charge in [-0.15, -0.1) is 0 Å². The van der Waals surface area contributed by atoms with Gasteiger partial charge in [-0.05, 0) is 104 Å². The van der Waals surface area contributed by atoms with Crippen LogP contribution in [0.4, 0.5) is 0 Å². The molecule has 1 heterocycles. The van der Waals surface area contributed by atoms with Crippen molar-refractivity contribution >= 4 is 22.7 Å². The number of aryl methyl sites for hydroxylation is 2. The molecule has 0 aliphatic carbocycles. The molecule has 1 N–H and O–H groups in total. The van der Waals surface area contributed by atoms with Crippen LogP contribution < -0.4 is 4.74 Å². The number of aromatic nitrogens is 2. The Morgan fingerprint density at radius 2 is 1.62 bits per heavy atom. The lowest BCUT2D eigenvalue weighted by molar-refractivity contribution is -0.149. The zero-order valence-corrected chi connectivity index (χ0v) is 24.6. The zero-order valence-electron chi connectivity index (χ0n) is 24.6. The number of rotatable bonds is 8. The third-order valence-electron chi connectivity index (χ3n) is 8.16. The minimum absolute atomic E-state index is 0.240. The van der Waals surface area contributed by atoms with Gasteiger partial charge in [0, 0.05) is 29.2 Å². The van der Waals surface area contributed by atoms with E-state index in [-0.39, 0.29) is 11.5 Å². The molecule has 0 amide bonds. The average Bonchev–Trinajstić information content (AvgIpc) is 3.53. The fourth-order valence-electron chi connectivity index (χ4n) is 5.48. The highest BCUT2D eigenvalue weighted by atomic mass is 16.5.